The molecule has 1 aliphatic rings. The molecule has 0 aliphatic carbocycles. The number of fused-ring (bicyclic) bond motifs is 1. The number of aryl methyl sites for hydroxylation is 1. The third kappa shape index (κ3) is 3.96. The highest BCUT2D eigenvalue weighted by Gasteiger charge is 2.24. The maximum atomic E-state index is 11.8. The van der Waals surface area contributed by atoms with Crippen molar-refractivity contribution < 1.29 is 14.3 Å². The Bertz CT molecular complexity index is 476. The average Bonchev–Trinajstić information content (AvgIpc) is 2.68. The Morgan fingerprint density at radius 1 is 1.55 bits per heavy atom. The standard InChI is InChI=1S/C14H23N3O3/c1-14(2,3)20-13(18)15-10-5-6-17-12(7-10)8-11(16-17)9-19-4/h8,10H,5-7,9H2,1-4H3,(H,15,18)/t10-/m1/s1. The van der Waals surface area contributed by atoms with Crippen LogP contribution < -0.4 is 5.32 Å². The molecule has 6 nitrogen and oxygen atoms in total. The molecule has 112 valence electrons. The second-order valence-electron chi connectivity index (χ2n) is 6.12. The van der Waals surface area contributed by atoms with E-state index in [1.807, 2.05) is 31.5 Å². The number of carbonyl (C=O) groups excluding carboxylic acids is 1. The zero-order valence-electron chi connectivity index (χ0n) is 12.6. The number of methoxy groups -OCH3 is 1. The number of carbonyl (C=O) groups is 1. The van der Waals surface area contributed by atoms with Crippen molar-refractivity contribution >= 4 is 6.09 Å². The summed E-state index contributed by atoms with van der Waals surface area (Å²) in [5, 5.41) is 7.39. The van der Waals surface area contributed by atoms with Crippen molar-refractivity contribution in [2.24, 2.45) is 0 Å². The number of alkyl carbamates (subject to hydrolysis) is 1. The van der Waals surface area contributed by atoms with E-state index in [4.69, 9.17) is 9.47 Å². The van der Waals surface area contributed by atoms with E-state index in [9.17, 15) is 4.79 Å². The third-order valence-corrected chi connectivity index (χ3v) is 3.07. The van der Waals surface area contributed by atoms with Crippen molar-refractivity contribution in [1.29, 1.82) is 0 Å². The van der Waals surface area contributed by atoms with Crippen LogP contribution >= 0.6 is 0 Å². The summed E-state index contributed by atoms with van der Waals surface area (Å²) in [7, 11) is 1.66. The minimum atomic E-state index is -0.466. The van der Waals surface area contributed by atoms with Crippen LogP contribution in [0, 0.1) is 0 Å². The van der Waals surface area contributed by atoms with Gasteiger partial charge in [-0.2, -0.15) is 5.10 Å². The molecular weight excluding hydrogens is 258 g/mol. The minimum Gasteiger partial charge on any atom is -0.444 e. The van der Waals surface area contributed by atoms with Gasteiger partial charge in [0.25, 0.3) is 0 Å². The Labute approximate surface area is 119 Å². The van der Waals surface area contributed by atoms with Gasteiger partial charge in [0, 0.05) is 31.8 Å². The lowest BCUT2D eigenvalue weighted by molar-refractivity contribution is 0.0496. The van der Waals surface area contributed by atoms with Crippen molar-refractivity contribution in [2.75, 3.05) is 7.11 Å². The first-order valence-electron chi connectivity index (χ1n) is 6.91. The number of hydrogen-bond acceptors (Lipinski definition) is 4. The smallest absolute Gasteiger partial charge is 0.407 e. The van der Waals surface area contributed by atoms with E-state index in [1.165, 1.54) is 0 Å². The second-order valence-corrected chi connectivity index (χ2v) is 6.12. The molecule has 6 heteroatoms. The van der Waals surface area contributed by atoms with Crippen LogP contribution in [0.4, 0.5) is 4.79 Å². The maximum Gasteiger partial charge on any atom is 0.407 e. The van der Waals surface area contributed by atoms with E-state index in [0.29, 0.717) is 6.61 Å². The summed E-state index contributed by atoms with van der Waals surface area (Å²) in [6.45, 7) is 6.91. The van der Waals surface area contributed by atoms with Crippen LogP contribution in [-0.4, -0.2) is 34.6 Å². The molecule has 1 aromatic rings. The van der Waals surface area contributed by atoms with Crippen molar-refractivity contribution in [3.8, 4) is 0 Å². The molecule has 0 bridgehead atoms. The molecule has 0 aromatic carbocycles. The first-order valence-corrected chi connectivity index (χ1v) is 6.91. The number of ether oxygens (including phenoxy) is 2. The summed E-state index contributed by atoms with van der Waals surface area (Å²) in [4.78, 5) is 11.8. The van der Waals surface area contributed by atoms with Gasteiger partial charge in [0.15, 0.2) is 0 Å². The zero-order valence-corrected chi connectivity index (χ0v) is 12.6. The molecular formula is C14H23N3O3. The Morgan fingerprint density at radius 3 is 2.95 bits per heavy atom. The van der Waals surface area contributed by atoms with Gasteiger partial charge in [0.1, 0.15) is 5.60 Å². The lowest BCUT2D eigenvalue weighted by Gasteiger charge is -2.26. The lowest BCUT2D eigenvalue weighted by Crippen LogP contribution is -2.42. The van der Waals surface area contributed by atoms with Gasteiger partial charge in [-0.15, -0.1) is 0 Å². The summed E-state index contributed by atoms with van der Waals surface area (Å²) in [5.41, 5.74) is 1.59. The van der Waals surface area contributed by atoms with E-state index in [0.717, 1.165) is 30.8 Å². The number of nitrogens with one attached hydrogen (secondary N) is 1. The molecule has 1 amide bonds. The number of nitrogens with zero attached hydrogens (tertiary/aromatic N) is 2. The highest BCUT2D eigenvalue weighted by atomic mass is 16.6. The molecule has 0 saturated carbocycles. The number of aromatic nitrogens is 2. The average molecular weight is 281 g/mol. The summed E-state index contributed by atoms with van der Waals surface area (Å²) >= 11 is 0. The van der Waals surface area contributed by atoms with Gasteiger partial charge in [-0.3, -0.25) is 4.68 Å². The van der Waals surface area contributed by atoms with E-state index in [-0.39, 0.29) is 12.1 Å². The predicted molar refractivity (Wildman–Crippen MR) is 74.4 cm³/mol. The molecule has 0 radical (unpaired) electrons. The van der Waals surface area contributed by atoms with Gasteiger partial charge in [-0.05, 0) is 33.3 Å². The van der Waals surface area contributed by atoms with Crippen LogP contribution in [0.15, 0.2) is 6.07 Å². The largest absolute Gasteiger partial charge is 0.444 e. The van der Waals surface area contributed by atoms with Crippen LogP contribution in [0.2, 0.25) is 0 Å². The quantitative estimate of drug-likeness (QED) is 0.918. The van der Waals surface area contributed by atoms with Crippen LogP contribution in [0.1, 0.15) is 38.6 Å². The third-order valence-electron chi connectivity index (χ3n) is 3.07. The molecule has 0 fully saturated rings. The summed E-state index contributed by atoms with van der Waals surface area (Å²) < 4.78 is 12.4. The molecule has 0 spiro atoms. The second kappa shape index (κ2) is 5.83. The van der Waals surface area contributed by atoms with E-state index in [1.54, 1.807) is 7.11 Å². The van der Waals surface area contributed by atoms with Crippen molar-refractivity contribution in [3.63, 3.8) is 0 Å². The molecule has 0 saturated heterocycles. The van der Waals surface area contributed by atoms with Gasteiger partial charge < -0.3 is 14.8 Å². The molecule has 1 aromatic heterocycles. The Morgan fingerprint density at radius 2 is 2.30 bits per heavy atom. The fourth-order valence-corrected chi connectivity index (χ4v) is 2.32. The zero-order chi connectivity index (χ0) is 14.8. The number of hydrogen-bond donors (Lipinski definition) is 1. The summed E-state index contributed by atoms with van der Waals surface area (Å²) in [6, 6.07) is 2.14. The molecule has 1 aliphatic heterocycles. The fraction of sp³-hybridized carbons (Fsp3) is 0.714. The van der Waals surface area contributed by atoms with Gasteiger partial charge in [-0.1, -0.05) is 0 Å². The predicted octanol–water partition coefficient (Wildman–Crippen LogP) is 1.87. The highest BCUT2D eigenvalue weighted by Crippen LogP contribution is 2.17. The van der Waals surface area contributed by atoms with Gasteiger partial charge in [0.05, 0.1) is 12.3 Å². The molecule has 2 rings (SSSR count). The Hall–Kier alpha value is -1.56. The Balaban J connectivity index is 1.92. The maximum absolute atomic E-state index is 11.8. The van der Waals surface area contributed by atoms with Gasteiger partial charge in [0.2, 0.25) is 0 Å². The first-order chi connectivity index (χ1) is 9.37. The summed E-state index contributed by atoms with van der Waals surface area (Å²) in [5.74, 6) is 0. The van der Waals surface area contributed by atoms with Gasteiger partial charge >= 0.3 is 6.09 Å². The Kier molecular flexibility index (Phi) is 4.32. The number of amides is 1. The van der Waals surface area contributed by atoms with E-state index < -0.39 is 5.60 Å². The SMILES string of the molecule is COCc1cc2n(n1)CC[C@@H](NC(=O)OC(C)(C)C)C2. The van der Waals surface area contributed by atoms with E-state index >= 15 is 0 Å². The monoisotopic (exact) mass is 281 g/mol. The molecule has 1 atom stereocenters. The van der Waals surface area contributed by atoms with Crippen LogP contribution in [0.3, 0.4) is 0 Å². The minimum absolute atomic E-state index is 0.101. The van der Waals surface area contributed by atoms with Crippen LogP contribution in [0.5, 0.6) is 0 Å². The molecule has 0 unspecified atom stereocenters. The molecule has 2 heterocycles. The molecule has 1 N–H and O–H groups in total. The number of rotatable bonds is 3. The fourth-order valence-electron chi connectivity index (χ4n) is 2.32. The molecule has 20 heavy (non-hydrogen) atoms. The van der Waals surface area contributed by atoms with E-state index in [2.05, 4.69) is 10.4 Å². The first kappa shape index (κ1) is 14.8. The lowest BCUT2D eigenvalue weighted by atomic mass is 10.0. The van der Waals surface area contributed by atoms with Crippen molar-refractivity contribution in [2.45, 2.75) is 58.4 Å². The van der Waals surface area contributed by atoms with Crippen LogP contribution in [0.25, 0.3) is 0 Å². The highest BCUT2D eigenvalue weighted by molar-refractivity contribution is 5.68. The topological polar surface area (TPSA) is 65.4 Å². The normalized spacial score (nSPS) is 18.5. The van der Waals surface area contributed by atoms with Crippen molar-refractivity contribution in [1.82, 2.24) is 15.1 Å². The van der Waals surface area contributed by atoms with Crippen molar-refractivity contribution in [3.05, 3.63) is 17.5 Å². The summed E-state index contributed by atoms with van der Waals surface area (Å²) in [6.07, 6.45) is 1.28. The van der Waals surface area contributed by atoms with Crippen LogP contribution in [-0.2, 0) is 29.0 Å². The van der Waals surface area contributed by atoms with Gasteiger partial charge in [-0.25, -0.2) is 4.79 Å².